The quantitative estimate of drug-likeness (QED) is 0.451. The second kappa shape index (κ2) is 9.58. The molecule has 21 heavy (non-hydrogen) atoms. The van der Waals surface area contributed by atoms with Crippen LogP contribution in [0.4, 0.5) is 0 Å². The molecule has 3 unspecified atom stereocenters. The van der Waals surface area contributed by atoms with E-state index in [-0.39, 0.29) is 0 Å². The molecule has 1 aliphatic heterocycles. The number of hydrogen-bond acceptors (Lipinski definition) is 2. The fraction of sp³-hybridized carbons (Fsp3) is 0.944. The zero-order valence-corrected chi connectivity index (χ0v) is 14.8. The molecule has 1 rings (SSSR count). The van der Waals surface area contributed by atoms with Crippen molar-refractivity contribution in [2.75, 3.05) is 20.1 Å². The van der Waals surface area contributed by atoms with E-state index < -0.39 is 6.10 Å². The normalized spacial score (nSPS) is 24.9. The van der Waals surface area contributed by atoms with Crippen LogP contribution in [-0.2, 0) is 0 Å². The van der Waals surface area contributed by atoms with Gasteiger partial charge in [0.15, 0.2) is 0 Å². The van der Waals surface area contributed by atoms with Gasteiger partial charge in [-0.1, -0.05) is 51.9 Å². The van der Waals surface area contributed by atoms with E-state index >= 15 is 0 Å². The van der Waals surface area contributed by atoms with Crippen LogP contribution in [-0.4, -0.2) is 47.7 Å². The molecule has 1 N–H and O–H groups in total. The van der Waals surface area contributed by atoms with Gasteiger partial charge in [0.1, 0.15) is 12.6 Å². The lowest BCUT2D eigenvalue weighted by Crippen LogP contribution is -2.56. The first-order valence-corrected chi connectivity index (χ1v) is 9.10. The van der Waals surface area contributed by atoms with Gasteiger partial charge in [0, 0.05) is 0 Å². The topological polar surface area (TPSA) is 32.6 Å². The molecule has 0 saturated heterocycles. The zero-order valence-electron chi connectivity index (χ0n) is 14.8. The average Bonchev–Trinajstić information content (AvgIpc) is 2.85. The molecule has 3 atom stereocenters. The summed E-state index contributed by atoms with van der Waals surface area (Å²) in [4.78, 5) is 4.53. The summed E-state index contributed by atoms with van der Waals surface area (Å²) in [7, 11) is 2.24. The van der Waals surface area contributed by atoms with Crippen molar-refractivity contribution < 1.29 is 9.59 Å². The highest BCUT2D eigenvalue weighted by atomic mass is 16.3. The van der Waals surface area contributed by atoms with E-state index in [1.54, 1.807) is 0 Å². The van der Waals surface area contributed by atoms with Crippen LogP contribution in [0.25, 0.3) is 0 Å². The van der Waals surface area contributed by atoms with E-state index in [9.17, 15) is 5.11 Å². The van der Waals surface area contributed by atoms with Crippen molar-refractivity contribution >= 4 is 5.84 Å². The summed E-state index contributed by atoms with van der Waals surface area (Å²) in [5, 5.41) is 9.90. The molecule has 0 aliphatic carbocycles. The zero-order chi connectivity index (χ0) is 15.7. The van der Waals surface area contributed by atoms with Crippen LogP contribution >= 0.6 is 0 Å². The van der Waals surface area contributed by atoms with Gasteiger partial charge in [-0.3, -0.25) is 4.48 Å². The van der Waals surface area contributed by atoms with Crippen LogP contribution in [0, 0.1) is 0 Å². The van der Waals surface area contributed by atoms with E-state index in [2.05, 4.69) is 25.9 Å². The van der Waals surface area contributed by atoms with Crippen molar-refractivity contribution in [3.63, 3.8) is 0 Å². The Bertz CT molecular complexity index is 314. The molecule has 0 saturated carbocycles. The molecule has 0 aromatic rings. The van der Waals surface area contributed by atoms with E-state index in [4.69, 9.17) is 0 Å². The Morgan fingerprint density at radius 1 is 1.05 bits per heavy atom. The largest absolute Gasteiger partial charge is 0.381 e. The number of hydrogen-bond donors (Lipinski definition) is 1. The van der Waals surface area contributed by atoms with Gasteiger partial charge in [-0.05, 0) is 26.7 Å². The first-order chi connectivity index (χ1) is 10.0. The first-order valence-electron chi connectivity index (χ1n) is 9.10. The summed E-state index contributed by atoms with van der Waals surface area (Å²) in [6.45, 7) is 8.37. The van der Waals surface area contributed by atoms with Gasteiger partial charge in [-0.15, -0.1) is 0 Å². The summed E-state index contributed by atoms with van der Waals surface area (Å²) >= 11 is 0. The minimum atomic E-state index is -0.404. The third-order valence-electron chi connectivity index (χ3n) is 5.18. The van der Waals surface area contributed by atoms with E-state index in [0.717, 1.165) is 23.4 Å². The van der Waals surface area contributed by atoms with Gasteiger partial charge >= 0.3 is 0 Å². The highest BCUT2D eigenvalue weighted by molar-refractivity contribution is 5.80. The number of quaternary nitrogens is 1. The molecule has 1 heterocycles. The fourth-order valence-corrected chi connectivity index (χ4v) is 3.51. The SMILES string of the molecule is CCCCCCCCCCC(C)[N+]1(C)CCN=C1C(C)O. The van der Waals surface area contributed by atoms with Crippen LogP contribution in [0.5, 0.6) is 0 Å². The maximum Gasteiger partial charge on any atom is 0.227 e. The summed E-state index contributed by atoms with van der Waals surface area (Å²) in [5.41, 5.74) is 0. The molecule has 124 valence electrons. The second-order valence-corrected chi connectivity index (χ2v) is 7.02. The summed E-state index contributed by atoms with van der Waals surface area (Å²) in [6.07, 6.45) is 11.9. The molecule has 0 bridgehead atoms. The minimum absolute atomic E-state index is 0.404. The lowest BCUT2D eigenvalue weighted by molar-refractivity contribution is -0.842. The Labute approximate surface area is 132 Å². The van der Waals surface area contributed by atoms with E-state index in [1.807, 2.05) is 6.92 Å². The summed E-state index contributed by atoms with van der Waals surface area (Å²) in [6, 6.07) is 0.570. The highest BCUT2D eigenvalue weighted by Gasteiger charge is 2.40. The Morgan fingerprint density at radius 3 is 2.19 bits per heavy atom. The number of unbranched alkanes of at least 4 members (excludes halogenated alkanes) is 7. The Balaban J connectivity index is 2.19. The number of amidine groups is 1. The molecule has 0 amide bonds. The van der Waals surface area contributed by atoms with Gasteiger partial charge in [-0.25, -0.2) is 4.99 Å². The van der Waals surface area contributed by atoms with Gasteiger partial charge in [0.05, 0.1) is 19.6 Å². The van der Waals surface area contributed by atoms with Crippen LogP contribution in [0.3, 0.4) is 0 Å². The first kappa shape index (κ1) is 18.6. The van der Waals surface area contributed by atoms with Crippen molar-refractivity contribution in [1.29, 1.82) is 0 Å². The third kappa shape index (κ3) is 5.71. The van der Waals surface area contributed by atoms with Crippen LogP contribution < -0.4 is 0 Å². The van der Waals surface area contributed by atoms with Gasteiger partial charge in [0.2, 0.25) is 5.84 Å². The van der Waals surface area contributed by atoms with Crippen molar-refractivity contribution in [3.8, 4) is 0 Å². The van der Waals surface area contributed by atoms with Crippen molar-refractivity contribution in [3.05, 3.63) is 0 Å². The molecule has 0 radical (unpaired) electrons. The third-order valence-corrected chi connectivity index (χ3v) is 5.18. The Hall–Kier alpha value is -0.410. The molecule has 0 fully saturated rings. The Morgan fingerprint density at radius 2 is 1.62 bits per heavy atom. The molecular weight excluding hydrogens is 260 g/mol. The average molecular weight is 298 g/mol. The molecule has 0 aromatic heterocycles. The van der Waals surface area contributed by atoms with Gasteiger partial charge < -0.3 is 5.11 Å². The van der Waals surface area contributed by atoms with E-state index in [1.165, 1.54) is 57.8 Å². The molecule has 0 spiro atoms. The monoisotopic (exact) mass is 297 g/mol. The van der Waals surface area contributed by atoms with Gasteiger partial charge in [0.25, 0.3) is 0 Å². The standard InChI is InChI=1S/C18H37N2O/c1-5-6-7-8-9-10-11-12-13-16(2)20(4)15-14-19-18(20)17(3)21/h16-17,21H,5-15H2,1-4H3/q+1. The highest BCUT2D eigenvalue weighted by Crippen LogP contribution is 2.23. The maximum atomic E-state index is 9.90. The Kier molecular flexibility index (Phi) is 8.50. The lowest BCUT2D eigenvalue weighted by atomic mass is 10.0. The number of aliphatic imine (C=N–C) groups is 1. The van der Waals surface area contributed by atoms with Crippen molar-refractivity contribution in [2.24, 2.45) is 4.99 Å². The second-order valence-electron chi connectivity index (χ2n) is 7.02. The van der Waals surface area contributed by atoms with E-state index in [0.29, 0.717) is 6.04 Å². The van der Waals surface area contributed by atoms with Crippen LogP contribution in [0.15, 0.2) is 4.99 Å². The van der Waals surface area contributed by atoms with Crippen LogP contribution in [0.1, 0.15) is 78.6 Å². The predicted molar refractivity (Wildman–Crippen MR) is 91.7 cm³/mol. The summed E-state index contributed by atoms with van der Waals surface area (Å²) in [5.74, 6) is 0.988. The molecule has 1 aliphatic rings. The van der Waals surface area contributed by atoms with Gasteiger partial charge in [-0.2, -0.15) is 0 Å². The van der Waals surface area contributed by atoms with Crippen molar-refractivity contribution in [1.82, 2.24) is 0 Å². The predicted octanol–water partition coefficient (Wildman–Crippen LogP) is 4.15. The lowest BCUT2D eigenvalue weighted by Gasteiger charge is -2.37. The van der Waals surface area contributed by atoms with Crippen molar-refractivity contribution in [2.45, 2.75) is 90.7 Å². The number of likely N-dealkylation sites (N-methyl/N-ethyl adjacent to an activating group) is 1. The molecule has 3 heteroatoms. The maximum absolute atomic E-state index is 9.90. The minimum Gasteiger partial charge on any atom is -0.381 e. The van der Waals surface area contributed by atoms with Crippen LogP contribution in [0.2, 0.25) is 0 Å². The fourth-order valence-electron chi connectivity index (χ4n) is 3.51. The molecule has 3 nitrogen and oxygen atoms in total. The molecule has 0 aromatic carbocycles. The summed E-state index contributed by atoms with van der Waals surface area (Å²) < 4.78 is 0.855. The smallest absolute Gasteiger partial charge is 0.227 e. The number of nitrogens with zero attached hydrogens (tertiary/aromatic N) is 2. The molecular formula is C18H37N2O+. The number of rotatable bonds is 11. The number of aliphatic hydroxyl groups excluding tert-OH is 1. The number of aliphatic hydroxyl groups is 1.